The van der Waals surface area contributed by atoms with Crippen molar-refractivity contribution >= 4 is 5.91 Å². The van der Waals surface area contributed by atoms with Gasteiger partial charge in [-0.05, 0) is 48.4 Å². The standard InChI is InChI=1S/C23H21NO4/c25-23(22-11-6-16-28-22)24(17-19-9-4-14-26-19)13-12-20(21-10-5-15-27-21)18-7-2-1-3-8-18/h1-11,14-16,20H,12-13,17H2/t20-/m0/s1. The second-order valence-corrected chi connectivity index (χ2v) is 6.55. The molecule has 1 atom stereocenters. The smallest absolute Gasteiger partial charge is 0.289 e. The fourth-order valence-corrected chi connectivity index (χ4v) is 3.33. The average molecular weight is 375 g/mol. The number of carbonyl (C=O) groups is 1. The minimum atomic E-state index is -0.160. The lowest BCUT2D eigenvalue weighted by atomic mass is 9.93. The van der Waals surface area contributed by atoms with E-state index in [4.69, 9.17) is 13.3 Å². The maximum Gasteiger partial charge on any atom is 0.289 e. The van der Waals surface area contributed by atoms with Crippen molar-refractivity contribution in [1.29, 1.82) is 0 Å². The van der Waals surface area contributed by atoms with Crippen molar-refractivity contribution in [2.75, 3.05) is 6.54 Å². The molecule has 0 aliphatic carbocycles. The normalized spacial score (nSPS) is 12.0. The summed E-state index contributed by atoms with van der Waals surface area (Å²) in [7, 11) is 0. The van der Waals surface area contributed by atoms with E-state index in [1.807, 2.05) is 42.5 Å². The van der Waals surface area contributed by atoms with Crippen LogP contribution < -0.4 is 0 Å². The van der Waals surface area contributed by atoms with Gasteiger partial charge in [0.2, 0.25) is 0 Å². The molecule has 0 aliphatic heterocycles. The summed E-state index contributed by atoms with van der Waals surface area (Å²) >= 11 is 0. The number of carbonyl (C=O) groups excluding carboxylic acids is 1. The topological polar surface area (TPSA) is 59.7 Å². The molecule has 0 aliphatic rings. The van der Waals surface area contributed by atoms with Crippen molar-refractivity contribution in [3.63, 3.8) is 0 Å². The zero-order valence-electron chi connectivity index (χ0n) is 15.4. The highest BCUT2D eigenvalue weighted by Gasteiger charge is 2.23. The van der Waals surface area contributed by atoms with E-state index in [1.54, 1.807) is 29.6 Å². The number of amides is 1. The van der Waals surface area contributed by atoms with Crippen LogP contribution in [0.1, 0.15) is 40.0 Å². The lowest BCUT2D eigenvalue weighted by molar-refractivity contribution is 0.0694. The highest BCUT2D eigenvalue weighted by atomic mass is 16.3. The number of nitrogens with zero attached hydrogens (tertiary/aromatic N) is 1. The average Bonchev–Trinajstić information content (AvgIpc) is 3.51. The summed E-state index contributed by atoms with van der Waals surface area (Å²) in [5.74, 6) is 1.83. The summed E-state index contributed by atoms with van der Waals surface area (Å²) in [6.45, 7) is 0.909. The third kappa shape index (κ3) is 4.09. The largest absolute Gasteiger partial charge is 0.469 e. The van der Waals surface area contributed by atoms with Crippen molar-refractivity contribution in [3.05, 3.63) is 108 Å². The van der Waals surface area contributed by atoms with Gasteiger partial charge in [-0.15, -0.1) is 0 Å². The summed E-state index contributed by atoms with van der Waals surface area (Å²) in [5, 5.41) is 0. The Morgan fingerprint density at radius 3 is 2.25 bits per heavy atom. The predicted octanol–water partition coefficient (Wildman–Crippen LogP) is 5.33. The number of rotatable bonds is 8. The molecule has 1 amide bonds. The molecular weight excluding hydrogens is 354 g/mol. The van der Waals surface area contributed by atoms with Crippen molar-refractivity contribution in [3.8, 4) is 0 Å². The molecule has 3 aromatic heterocycles. The molecule has 1 aromatic carbocycles. The highest BCUT2D eigenvalue weighted by molar-refractivity contribution is 5.91. The quantitative estimate of drug-likeness (QED) is 0.418. The second-order valence-electron chi connectivity index (χ2n) is 6.55. The first-order chi connectivity index (χ1) is 13.8. The monoisotopic (exact) mass is 375 g/mol. The van der Waals surface area contributed by atoms with Gasteiger partial charge in [0.15, 0.2) is 5.76 Å². The molecule has 4 aromatic rings. The van der Waals surface area contributed by atoms with Crippen LogP contribution >= 0.6 is 0 Å². The Hall–Kier alpha value is -3.47. The van der Waals surface area contributed by atoms with E-state index in [1.165, 1.54) is 6.26 Å². The van der Waals surface area contributed by atoms with Gasteiger partial charge in [-0.3, -0.25) is 4.79 Å². The molecule has 142 valence electrons. The fourth-order valence-electron chi connectivity index (χ4n) is 3.33. The lowest BCUT2D eigenvalue weighted by Crippen LogP contribution is -2.32. The molecule has 0 saturated heterocycles. The van der Waals surface area contributed by atoms with Gasteiger partial charge in [0.1, 0.15) is 11.5 Å². The van der Waals surface area contributed by atoms with Gasteiger partial charge in [-0.25, -0.2) is 0 Å². The van der Waals surface area contributed by atoms with Crippen LogP contribution in [0.5, 0.6) is 0 Å². The molecule has 3 heterocycles. The Balaban J connectivity index is 1.55. The van der Waals surface area contributed by atoms with E-state index in [2.05, 4.69) is 12.1 Å². The van der Waals surface area contributed by atoms with Gasteiger partial charge >= 0.3 is 0 Å². The minimum absolute atomic E-state index is 0.0553. The molecule has 0 radical (unpaired) electrons. The van der Waals surface area contributed by atoms with Crippen LogP contribution in [0.2, 0.25) is 0 Å². The molecule has 28 heavy (non-hydrogen) atoms. The first-order valence-corrected chi connectivity index (χ1v) is 9.25. The SMILES string of the molecule is O=C(c1ccco1)N(CC[C@@H](c1ccccc1)c1ccco1)Cc1ccco1. The molecule has 4 rings (SSSR count). The fraction of sp³-hybridized carbons (Fsp3) is 0.174. The summed E-state index contributed by atoms with van der Waals surface area (Å²) in [6.07, 6.45) is 5.51. The predicted molar refractivity (Wildman–Crippen MR) is 104 cm³/mol. The van der Waals surface area contributed by atoms with Crippen LogP contribution in [0.25, 0.3) is 0 Å². The molecule has 0 fully saturated rings. The van der Waals surface area contributed by atoms with Crippen LogP contribution in [-0.4, -0.2) is 17.4 Å². The molecule has 0 bridgehead atoms. The van der Waals surface area contributed by atoms with Crippen LogP contribution in [0, 0.1) is 0 Å². The summed E-state index contributed by atoms with van der Waals surface area (Å²) in [5.41, 5.74) is 1.15. The first kappa shape index (κ1) is 17.9. The van der Waals surface area contributed by atoms with E-state index in [0.29, 0.717) is 25.3 Å². The third-order valence-corrected chi connectivity index (χ3v) is 4.72. The van der Waals surface area contributed by atoms with Gasteiger partial charge in [-0.2, -0.15) is 0 Å². The van der Waals surface area contributed by atoms with Crippen LogP contribution in [-0.2, 0) is 6.54 Å². The molecule has 5 heteroatoms. The Kier molecular flexibility index (Phi) is 5.43. The van der Waals surface area contributed by atoms with Crippen LogP contribution in [0.15, 0.2) is 98.8 Å². The first-order valence-electron chi connectivity index (χ1n) is 9.25. The van der Waals surface area contributed by atoms with Crippen LogP contribution in [0.3, 0.4) is 0 Å². The second kappa shape index (κ2) is 8.48. The Morgan fingerprint density at radius 2 is 1.57 bits per heavy atom. The van der Waals surface area contributed by atoms with E-state index >= 15 is 0 Å². The lowest BCUT2D eigenvalue weighted by Gasteiger charge is -2.23. The number of benzene rings is 1. The zero-order valence-corrected chi connectivity index (χ0v) is 15.4. The molecule has 0 N–H and O–H groups in total. The van der Waals surface area contributed by atoms with Crippen molar-refractivity contribution in [2.24, 2.45) is 0 Å². The Labute approximate surface area is 163 Å². The van der Waals surface area contributed by atoms with Gasteiger partial charge in [0.25, 0.3) is 5.91 Å². The van der Waals surface area contributed by atoms with E-state index in [9.17, 15) is 4.79 Å². The molecule has 0 spiro atoms. The van der Waals surface area contributed by atoms with Gasteiger partial charge in [-0.1, -0.05) is 30.3 Å². The number of hydrogen-bond acceptors (Lipinski definition) is 4. The maximum atomic E-state index is 12.9. The Morgan fingerprint density at radius 1 is 0.821 bits per heavy atom. The summed E-state index contributed by atoms with van der Waals surface area (Å²) in [6, 6.07) is 21.1. The number of hydrogen-bond donors (Lipinski definition) is 0. The van der Waals surface area contributed by atoms with E-state index < -0.39 is 0 Å². The van der Waals surface area contributed by atoms with Crippen molar-refractivity contribution in [2.45, 2.75) is 18.9 Å². The van der Waals surface area contributed by atoms with Gasteiger partial charge < -0.3 is 18.2 Å². The summed E-state index contributed by atoms with van der Waals surface area (Å²) in [4.78, 5) is 14.7. The third-order valence-electron chi connectivity index (χ3n) is 4.72. The summed E-state index contributed by atoms with van der Waals surface area (Å²) < 4.78 is 16.5. The van der Waals surface area contributed by atoms with E-state index in [0.717, 1.165) is 17.1 Å². The molecule has 5 nitrogen and oxygen atoms in total. The molecular formula is C23H21NO4. The molecule has 0 unspecified atom stereocenters. The van der Waals surface area contributed by atoms with Crippen molar-refractivity contribution < 1.29 is 18.0 Å². The van der Waals surface area contributed by atoms with Crippen molar-refractivity contribution in [1.82, 2.24) is 4.90 Å². The van der Waals surface area contributed by atoms with Crippen LogP contribution in [0.4, 0.5) is 0 Å². The highest BCUT2D eigenvalue weighted by Crippen LogP contribution is 2.29. The Bertz CT molecular complexity index is 957. The van der Waals surface area contributed by atoms with E-state index in [-0.39, 0.29) is 11.8 Å². The molecule has 0 saturated carbocycles. The maximum absolute atomic E-state index is 12.9. The zero-order chi connectivity index (χ0) is 19.2. The minimum Gasteiger partial charge on any atom is -0.469 e. The number of furan rings is 3. The van der Waals surface area contributed by atoms with Gasteiger partial charge in [0, 0.05) is 12.5 Å². The van der Waals surface area contributed by atoms with Gasteiger partial charge in [0.05, 0.1) is 25.3 Å².